The molecule has 1 aliphatic carbocycles. The number of nitrogens with zero attached hydrogens (tertiary/aromatic N) is 4. The minimum atomic E-state index is -0.233. The molecule has 0 atom stereocenters. The fraction of sp³-hybridized carbons (Fsp3) is 0.438. The van der Waals surface area contributed by atoms with Gasteiger partial charge in [-0.05, 0) is 25.0 Å². The lowest BCUT2D eigenvalue weighted by molar-refractivity contribution is 0.236. The molecule has 2 aromatic rings. The second-order valence-corrected chi connectivity index (χ2v) is 5.87. The summed E-state index contributed by atoms with van der Waals surface area (Å²) in [5.41, 5.74) is 2.85. The van der Waals surface area contributed by atoms with Gasteiger partial charge in [-0.2, -0.15) is 0 Å². The topological polar surface area (TPSA) is 41.9 Å². The van der Waals surface area contributed by atoms with Crippen molar-refractivity contribution in [1.82, 2.24) is 19.9 Å². The van der Waals surface area contributed by atoms with E-state index in [4.69, 9.17) is 4.98 Å². The Balaban J connectivity index is 1.50. The maximum atomic E-state index is 13.7. The zero-order valence-corrected chi connectivity index (χ0v) is 11.8. The van der Waals surface area contributed by atoms with Crippen LogP contribution in [0.15, 0.2) is 24.5 Å². The molecule has 0 bridgehead atoms. The molecule has 3 heterocycles. The summed E-state index contributed by atoms with van der Waals surface area (Å²) in [5.74, 6) is 1.37. The molecule has 0 radical (unpaired) electrons. The number of halogens is 1. The fourth-order valence-electron chi connectivity index (χ4n) is 2.81. The van der Waals surface area contributed by atoms with Crippen LogP contribution in [0.4, 0.5) is 4.39 Å². The quantitative estimate of drug-likeness (QED) is 0.868. The van der Waals surface area contributed by atoms with E-state index in [0.717, 1.165) is 25.3 Å². The fourth-order valence-corrected chi connectivity index (χ4v) is 2.81. The minimum Gasteiger partial charge on any atom is -0.293 e. The predicted octanol–water partition coefficient (Wildman–Crippen LogP) is 2.45. The number of aromatic nitrogens is 3. The highest BCUT2D eigenvalue weighted by atomic mass is 19.1. The van der Waals surface area contributed by atoms with Gasteiger partial charge in [-0.1, -0.05) is 0 Å². The normalized spacial score (nSPS) is 18.5. The molecular weight excluding hydrogens is 267 g/mol. The van der Waals surface area contributed by atoms with Crippen molar-refractivity contribution >= 4 is 0 Å². The smallest absolute Gasteiger partial charge is 0.146 e. The molecule has 0 aromatic carbocycles. The largest absolute Gasteiger partial charge is 0.293 e. The van der Waals surface area contributed by atoms with E-state index in [-0.39, 0.29) is 5.82 Å². The molecule has 0 spiro atoms. The van der Waals surface area contributed by atoms with Crippen LogP contribution >= 0.6 is 0 Å². The van der Waals surface area contributed by atoms with E-state index in [1.54, 1.807) is 12.3 Å². The van der Waals surface area contributed by atoms with E-state index in [2.05, 4.69) is 14.9 Å². The van der Waals surface area contributed by atoms with Gasteiger partial charge in [-0.25, -0.2) is 14.4 Å². The maximum absolute atomic E-state index is 13.7. The van der Waals surface area contributed by atoms with Crippen LogP contribution in [0.25, 0.3) is 0 Å². The molecule has 4 rings (SSSR count). The SMILES string of the molecule is Fc1cccnc1CN1CCc2nc(C3CC3)ncc2C1. The molecule has 21 heavy (non-hydrogen) atoms. The number of hydrogen-bond donors (Lipinski definition) is 0. The standard InChI is InChI=1S/C16H17FN4/c17-13-2-1-6-18-15(13)10-21-7-5-14-12(9-21)8-19-16(20-14)11-3-4-11/h1-2,6,8,11H,3-5,7,9-10H2. The van der Waals surface area contributed by atoms with Gasteiger partial charge >= 0.3 is 0 Å². The zero-order valence-electron chi connectivity index (χ0n) is 11.8. The molecule has 1 fully saturated rings. The first-order chi connectivity index (χ1) is 10.3. The summed E-state index contributed by atoms with van der Waals surface area (Å²) in [5, 5.41) is 0. The molecule has 5 heteroatoms. The highest BCUT2D eigenvalue weighted by Gasteiger charge is 2.28. The summed E-state index contributed by atoms with van der Waals surface area (Å²) in [7, 11) is 0. The summed E-state index contributed by atoms with van der Waals surface area (Å²) >= 11 is 0. The van der Waals surface area contributed by atoms with E-state index in [9.17, 15) is 4.39 Å². The lowest BCUT2D eigenvalue weighted by Crippen LogP contribution is -2.31. The van der Waals surface area contributed by atoms with Gasteiger partial charge in [-0.15, -0.1) is 0 Å². The van der Waals surface area contributed by atoms with Crippen molar-refractivity contribution < 1.29 is 4.39 Å². The summed E-state index contributed by atoms with van der Waals surface area (Å²) in [6, 6.07) is 3.09. The lowest BCUT2D eigenvalue weighted by atomic mass is 10.1. The van der Waals surface area contributed by atoms with Crippen molar-refractivity contribution in [3.05, 3.63) is 53.1 Å². The number of pyridine rings is 1. The second-order valence-electron chi connectivity index (χ2n) is 5.87. The highest BCUT2D eigenvalue weighted by Crippen LogP contribution is 2.38. The van der Waals surface area contributed by atoms with Crippen molar-refractivity contribution in [2.45, 2.75) is 38.3 Å². The lowest BCUT2D eigenvalue weighted by Gasteiger charge is -2.27. The van der Waals surface area contributed by atoms with Crippen LogP contribution < -0.4 is 0 Å². The molecular formula is C16H17FN4. The van der Waals surface area contributed by atoms with E-state index >= 15 is 0 Å². The van der Waals surface area contributed by atoms with Crippen LogP contribution in [-0.2, 0) is 19.5 Å². The van der Waals surface area contributed by atoms with Gasteiger partial charge in [-0.3, -0.25) is 9.88 Å². The van der Waals surface area contributed by atoms with Gasteiger partial charge in [0.2, 0.25) is 0 Å². The van der Waals surface area contributed by atoms with Crippen LogP contribution in [0.2, 0.25) is 0 Å². The molecule has 0 unspecified atom stereocenters. The van der Waals surface area contributed by atoms with E-state index in [0.29, 0.717) is 18.2 Å². The van der Waals surface area contributed by atoms with Gasteiger partial charge in [0.1, 0.15) is 11.6 Å². The summed E-state index contributed by atoms with van der Waals surface area (Å²) in [6.07, 6.45) is 6.96. The zero-order chi connectivity index (χ0) is 14.2. The van der Waals surface area contributed by atoms with Gasteiger partial charge in [0.15, 0.2) is 0 Å². The Kier molecular flexibility index (Phi) is 3.15. The third-order valence-electron chi connectivity index (χ3n) is 4.18. The van der Waals surface area contributed by atoms with E-state index < -0.39 is 0 Å². The summed E-state index contributed by atoms with van der Waals surface area (Å²) in [6.45, 7) is 2.21. The Labute approximate surface area is 123 Å². The first-order valence-electron chi connectivity index (χ1n) is 7.46. The van der Waals surface area contributed by atoms with Crippen LogP contribution in [0.3, 0.4) is 0 Å². The first-order valence-corrected chi connectivity index (χ1v) is 7.46. The van der Waals surface area contributed by atoms with Gasteiger partial charge in [0, 0.05) is 55.6 Å². The third kappa shape index (κ3) is 2.65. The molecule has 108 valence electrons. The first kappa shape index (κ1) is 12.8. The van der Waals surface area contributed by atoms with E-state index in [1.807, 2.05) is 6.20 Å². The molecule has 4 nitrogen and oxygen atoms in total. The van der Waals surface area contributed by atoms with Crippen molar-refractivity contribution in [3.63, 3.8) is 0 Å². The molecule has 1 saturated carbocycles. The highest BCUT2D eigenvalue weighted by molar-refractivity contribution is 5.23. The van der Waals surface area contributed by atoms with Gasteiger partial charge in [0.25, 0.3) is 0 Å². The minimum absolute atomic E-state index is 0.233. The summed E-state index contributed by atoms with van der Waals surface area (Å²) < 4.78 is 13.7. The predicted molar refractivity (Wildman–Crippen MR) is 76.0 cm³/mol. The molecule has 2 aromatic heterocycles. The van der Waals surface area contributed by atoms with E-state index in [1.165, 1.54) is 30.2 Å². The Morgan fingerprint density at radius 1 is 1.29 bits per heavy atom. The Hall–Kier alpha value is -1.88. The Morgan fingerprint density at radius 2 is 2.19 bits per heavy atom. The molecule has 1 aliphatic heterocycles. The van der Waals surface area contributed by atoms with Crippen LogP contribution in [0.1, 0.15) is 41.5 Å². The van der Waals surface area contributed by atoms with Gasteiger partial charge < -0.3 is 0 Å². The monoisotopic (exact) mass is 284 g/mol. The second kappa shape index (κ2) is 5.15. The maximum Gasteiger partial charge on any atom is 0.146 e. The Morgan fingerprint density at radius 3 is 3.00 bits per heavy atom. The van der Waals surface area contributed by atoms with Gasteiger partial charge in [0.05, 0.1) is 5.69 Å². The molecule has 0 saturated heterocycles. The number of rotatable bonds is 3. The average molecular weight is 284 g/mol. The number of hydrogen-bond acceptors (Lipinski definition) is 4. The Bertz CT molecular complexity index is 669. The average Bonchev–Trinajstić information content (AvgIpc) is 3.34. The van der Waals surface area contributed by atoms with Crippen molar-refractivity contribution in [3.8, 4) is 0 Å². The molecule has 2 aliphatic rings. The van der Waals surface area contributed by atoms with Crippen molar-refractivity contribution in [2.24, 2.45) is 0 Å². The number of fused-ring (bicyclic) bond motifs is 1. The molecule has 0 amide bonds. The van der Waals surface area contributed by atoms with Crippen molar-refractivity contribution in [2.75, 3.05) is 6.54 Å². The van der Waals surface area contributed by atoms with Crippen LogP contribution in [0, 0.1) is 5.82 Å². The molecule has 0 N–H and O–H groups in total. The summed E-state index contributed by atoms with van der Waals surface area (Å²) in [4.78, 5) is 15.5. The van der Waals surface area contributed by atoms with Crippen LogP contribution in [-0.4, -0.2) is 26.4 Å². The van der Waals surface area contributed by atoms with Crippen molar-refractivity contribution in [1.29, 1.82) is 0 Å². The van der Waals surface area contributed by atoms with Crippen LogP contribution in [0.5, 0.6) is 0 Å². The third-order valence-corrected chi connectivity index (χ3v) is 4.18.